The van der Waals surface area contributed by atoms with Gasteiger partial charge in [0.1, 0.15) is 6.33 Å². The van der Waals surface area contributed by atoms with Crippen molar-refractivity contribution in [2.24, 2.45) is 0 Å². The van der Waals surface area contributed by atoms with Crippen LogP contribution in [-0.2, 0) is 0 Å². The van der Waals surface area contributed by atoms with Crippen LogP contribution < -0.4 is 5.32 Å². The Bertz CT molecular complexity index is 310. The predicted molar refractivity (Wildman–Crippen MR) is 56.5 cm³/mol. The molecule has 0 bridgehead atoms. The van der Waals surface area contributed by atoms with Gasteiger partial charge in [0.15, 0.2) is 0 Å². The lowest BCUT2D eigenvalue weighted by Gasteiger charge is -2.13. The van der Waals surface area contributed by atoms with Gasteiger partial charge in [0, 0.05) is 12.6 Å². The lowest BCUT2D eigenvalue weighted by Crippen LogP contribution is -2.17. The Morgan fingerprint density at radius 2 is 2.43 bits per heavy atom. The second kappa shape index (κ2) is 6.11. The highest BCUT2D eigenvalue weighted by molar-refractivity contribution is 5.06. The van der Waals surface area contributed by atoms with E-state index in [0.717, 1.165) is 18.5 Å². The predicted octanol–water partition coefficient (Wildman–Crippen LogP) is 1.54. The maximum absolute atomic E-state index is 4.21. The van der Waals surface area contributed by atoms with Crippen molar-refractivity contribution in [3.8, 4) is 11.8 Å². The fraction of sp³-hybridized carbons (Fsp3) is 0.455. The topological polar surface area (TPSA) is 37.8 Å². The van der Waals surface area contributed by atoms with Gasteiger partial charge in [-0.05, 0) is 26.5 Å². The summed E-state index contributed by atoms with van der Waals surface area (Å²) >= 11 is 0. The normalized spacial score (nSPS) is 11.6. The molecule has 0 amide bonds. The van der Waals surface area contributed by atoms with E-state index in [1.807, 2.05) is 20.0 Å². The van der Waals surface area contributed by atoms with Crippen LogP contribution in [0.3, 0.4) is 0 Å². The molecule has 74 valence electrons. The second-order valence-electron chi connectivity index (χ2n) is 2.94. The fourth-order valence-electron chi connectivity index (χ4n) is 1.29. The smallest absolute Gasteiger partial charge is 0.115 e. The van der Waals surface area contributed by atoms with E-state index in [2.05, 4.69) is 27.1 Å². The summed E-state index contributed by atoms with van der Waals surface area (Å²) < 4.78 is 0. The van der Waals surface area contributed by atoms with Crippen molar-refractivity contribution >= 4 is 0 Å². The summed E-state index contributed by atoms with van der Waals surface area (Å²) in [6, 6.07) is 2.21. The molecule has 14 heavy (non-hydrogen) atoms. The minimum Gasteiger partial charge on any atom is -0.312 e. The summed E-state index contributed by atoms with van der Waals surface area (Å²) in [4.78, 5) is 8.10. The van der Waals surface area contributed by atoms with E-state index in [1.165, 1.54) is 0 Å². The van der Waals surface area contributed by atoms with Gasteiger partial charge < -0.3 is 5.32 Å². The standard InChI is InChI=1S/C11H15N3/c1-3-4-5-6-10(12-2)11-7-8-13-9-14-11/h7-10,12H,5-6H2,1-2H3. The van der Waals surface area contributed by atoms with Crippen molar-refractivity contribution in [3.63, 3.8) is 0 Å². The van der Waals surface area contributed by atoms with E-state index >= 15 is 0 Å². The number of hydrogen-bond donors (Lipinski definition) is 1. The molecule has 3 heteroatoms. The van der Waals surface area contributed by atoms with E-state index in [1.54, 1.807) is 12.5 Å². The van der Waals surface area contributed by atoms with E-state index in [0.29, 0.717) is 0 Å². The van der Waals surface area contributed by atoms with Gasteiger partial charge in [-0.25, -0.2) is 9.97 Å². The highest BCUT2D eigenvalue weighted by Gasteiger charge is 2.08. The number of rotatable bonds is 4. The molecule has 0 aliphatic carbocycles. The third-order valence-electron chi connectivity index (χ3n) is 2.05. The second-order valence-corrected chi connectivity index (χ2v) is 2.94. The Morgan fingerprint density at radius 3 is 3.00 bits per heavy atom. The van der Waals surface area contributed by atoms with E-state index < -0.39 is 0 Å². The monoisotopic (exact) mass is 189 g/mol. The summed E-state index contributed by atoms with van der Waals surface area (Å²) in [5.74, 6) is 5.94. The number of nitrogens with one attached hydrogen (secondary N) is 1. The molecule has 1 unspecified atom stereocenters. The van der Waals surface area contributed by atoms with Gasteiger partial charge in [0.25, 0.3) is 0 Å². The molecule has 1 aromatic rings. The zero-order valence-corrected chi connectivity index (χ0v) is 8.62. The summed E-state index contributed by atoms with van der Waals surface area (Å²) in [7, 11) is 1.94. The number of aromatic nitrogens is 2. The zero-order chi connectivity index (χ0) is 10.2. The molecular formula is C11H15N3. The number of hydrogen-bond acceptors (Lipinski definition) is 3. The lowest BCUT2D eigenvalue weighted by atomic mass is 10.1. The van der Waals surface area contributed by atoms with Crippen molar-refractivity contribution in [2.75, 3.05) is 7.05 Å². The summed E-state index contributed by atoms with van der Waals surface area (Å²) in [5.41, 5.74) is 1.03. The molecule has 1 rings (SSSR count). The van der Waals surface area contributed by atoms with E-state index in [4.69, 9.17) is 0 Å². The van der Waals surface area contributed by atoms with Crippen molar-refractivity contribution in [1.29, 1.82) is 0 Å². The first-order chi connectivity index (χ1) is 6.88. The molecule has 0 aliphatic rings. The molecule has 3 nitrogen and oxygen atoms in total. The maximum Gasteiger partial charge on any atom is 0.115 e. The van der Waals surface area contributed by atoms with E-state index in [-0.39, 0.29) is 6.04 Å². The molecule has 0 aliphatic heterocycles. The summed E-state index contributed by atoms with van der Waals surface area (Å²) in [5, 5.41) is 3.22. The van der Waals surface area contributed by atoms with Gasteiger partial charge in [0.2, 0.25) is 0 Å². The van der Waals surface area contributed by atoms with Crippen LogP contribution >= 0.6 is 0 Å². The fourth-order valence-corrected chi connectivity index (χ4v) is 1.29. The Balaban J connectivity index is 2.57. The quantitative estimate of drug-likeness (QED) is 0.730. The van der Waals surface area contributed by atoms with Crippen molar-refractivity contribution in [2.45, 2.75) is 25.8 Å². The molecule has 1 atom stereocenters. The van der Waals surface area contributed by atoms with Gasteiger partial charge in [-0.1, -0.05) is 0 Å². The third kappa shape index (κ3) is 3.15. The van der Waals surface area contributed by atoms with Crippen LogP contribution in [0, 0.1) is 11.8 Å². The first-order valence-corrected chi connectivity index (χ1v) is 4.71. The minimum atomic E-state index is 0.277. The molecule has 0 aromatic carbocycles. The Kier molecular flexibility index (Phi) is 4.66. The SMILES string of the molecule is CC#CCCC(NC)c1ccncn1. The Morgan fingerprint density at radius 1 is 1.57 bits per heavy atom. The highest BCUT2D eigenvalue weighted by atomic mass is 14.9. The molecule has 0 saturated heterocycles. The zero-order valence-electron chi connectivity index (χ0n) is 8.62. The van der Waals surface area contributed by atoms with Crippen LogP contribution in [0.25, 0.3) is 0 Å². The number of nitrogens with zero attached hydrogens (tertiary/aromatic N) is 2. The minimum absolute atomic E-state index is 0.277. The molecule has 0 saturated carbocycles. The van der Waals surface area contributed by atoms with Crippen LogP contribution in [0.4, 0.5) is 0 Å². The lowest BCUT2D eigenvalue weighted by molar-refractivity contribution is 0.543. The molecule has 1 heterocycles. The van der Waals surface area contributed by atoms with Gasteiger partial charge >= 0.3 is 0 Å². The molecular weight excluding hydrogens is 174 g/mol. The van der Waals surface area contributed by atoms with Crippen molar-refractivity contribution < 1.29 is 0 Å². The van der Waals surface area contributed by atoms with Gasteiger partial charge in [0.05, 0.1) is 11.7 Å². The van der Waals surface area contributed by atoms with Gasteiger partial charge in [-0.15, -0.1) is 11.8 Å². The Labute approximate surface area is 85.0 Å². The maximum atomic E-state index is 4.21. The molecule has 0 radical (unpaired) electrons. The average Bonchev–Trinajstić information content (AvgIpc) is 2.26. The molecule has 1 aromatic heterocycles. The third-order valence-corrected chi connectivity index (χ3v) is 2.05. The van der Waals surface area contributed by atoms with E-state index in [9.17, 15) is 0 Å². The van der Waals surface area contributed by atoms with Crippen LogP contribution in [0.15, 0.2) is 18.6 Å². The summed E-state index contributed by atoms with van der Waals surface area (Å²) in [6.45, 7) is 1.86. The van der Waals surface area contributed by atoms with Crippen LogP contribution in [-0.4, -0.2) is 17.0 Å². The van der Waals surface area contributed by atoms with Crippen molar-refractivity contribution in [3.05, 3.63) is 24.3 Å². The van der Waals surface area contributed by atoms with Crippen LogP contribution in [0.5, 0.6) is 0 Å². The highest BCUT2D eigenvalue weighted by Crippen LogP contribution is 2.13. The first-order valence-electron chi connectivity index (χ1n) is 4.71. The molecule has 0 spiro atoms. The Hall–Kier alpha value is -1.40. The van der Waals surface area contributed by atoms with Gasteiger partial charge in [-0.3, -0.25) is 0 Å². The summed E-state index contributed by atoms with van der Waals surface area (Å²) in [6.07, 6.45) is 5.21. The van der Waals surface area contributed by atoms with Crippen molar-refractivity contribution in [1.82, 2.24) is 15.3 Å². The molecule has 1 N–H and O–H groups in total. The molecule has 0 fully saturated rings. The van der Waals surface area contributed by atoms with Crippen LogP contribution in [0.2, 0.25) is 0 Å². The van der Waals surface area contributed by atoms with Gasteiger partial charge in [-0.2, -0.15) is 0 Å². The largest absolute Gasteiger partial charge is 0.312 e. The first kappa shape index (κ1) is 10.7. The average molecular weight is 189 g/mol. The van der Waals surface area contributed by atoms with Crippen LogP contribution in [0.1, 0.15) is 31.5 Å².